The number of hydrogen-bond donors (Lipinski definition) is 3. The van der Waals surface area contributed by atoms with E-state index in [-0.39, 0.29) is 41.8 Å². The van der Waals surface area contributed by atoms with Crippen molar-refractivity contribution in [2.75, 3.05) is 32.9 Å². The molecular formula is C32H42N6O6. The van der Waals surface area contributed by atoms with E-state index in [0.717, 1.165) is 17.5 Å². The van der Waals surface area contributed by atoms with E-state index in [1.54, 1.807) is 29.2 Å². The molecule has 0 unspecified atom stereocenters. The van der Waals surface area contributed by atoms with Crippen molar-refractivity contribution in [1.29, 1.82) is 5.41 Å². The molecular weight excluding hydrogens is 564 g/mol. The van der Waals surface area contributed by atoms with Gasteiger partial charge in [0.2, 0.25) is 5.91 Å². The Balaban J connectivity index is 1.27. The van der Waals surface area contributed by atoms with Crippen LogP contribution in [-0.2, 0) is 25.6 Å². The molecule has 2 amide bonds. The Labute approximate surface area is 256 Å². The van der Waals surface area contributed by atoms with Crippen molar-refractivity contribution in [2.24, 2.45) is 17.6 Å². The average molecular weight is 607 g/mol. The predicted octanol–water partition coefficient (Wildman–Crippen LogP) is 2.47. The highest BCUT2D eigenvalue weighted by atomic mass is 16.5. The number of ether oxygens (including phenoxy) is 2. The summed E-state index contributed by atoms with van der Waals surface area (Å²) in [5, 5.41) is 15.1. The number of nitrogens with zero attached hydrogens (tertiary/aromatic N) is 3. The Morgan fingerprint density at radius 2 is 1.68 bits per heavy atom. The lowest BCUT2D eigenvalue weighted by atomic mass is 9.86. The van der Waals surface area contributed by atoms with Crippen LogP contribution in [0.5, 0.6) is 0 Å². The maximum Gasteiger partial charge on any atom is 0.308 e. The molecule has 1 saturated heterocycles. The van der Waals surface area contributed by atoms with Crippen LogP contribution < -0.4 is 16.6 Å². The molecule has 0 bridgehead atoms. The molecule has 5 rings (SSSR count). The van der Waals surface area contributed by atoms with Crippen LogP contribution >= 0.6 is 0 Å². The first-order chi connectivity index (χ1) is 21.3. The molecule has 0 spiro atoms. The van der Waals surface area contributed by atoms with E-state index < -0.39 is 11.5 Å². The van der Waals surface area contributed by atoms with Crippen LogP contribution in [0.3, 0.4) is 0 Å². The summed E-state index contributed by atoms with van der Waals surface area (Å²) in [5.41, 5.74) is 6.28. The SMILES string of the molecule is N=C(N)c1ccc(-c2cc(C(=O)NC3CCC(C(=O)OCC4CCCCC4)CC3)c(=O)n(CC(=O)N3CCOCC3)n2)cc1. The summed E-state index contributed by atoms with van der Waals surface area (Å²) in [6, 6.07) is 7.96. The van der Waals surface area contributed by atoms with Crippen molar-refractivity contribution < 1.29 is 23.9 Å². The third kappa shape index (κ3) is 7.90. The van der Waals surface area contributed by atoms with Gasteiger partial charge in [0.25, 0.3) is 11.5 Å². The number of carbonyl (C=O) groups excluding carboxylic acids is 3. The quantitative estimate of drug-likeness (QED) is 0.222. The Hall–Kier alpha value is -4.06. The van der Waals surface area contributed by atoms with Gasteiger partial charge in [-0.15, -0.1) is 0 Å². The van der Waals surface area contributed by atoms with E-state index in [0.29, 0.717) is 81.3 Å². The fourth-order valence-corrected chi connectivity index (χ4v) is 6.22. The lowest BCUT2D eigenvalue weighted by Crippen LogP contribution is -2.45. The molecule has 44 heavy (non-hydrogen) atoms. The second-order valence-electron chi connectivity index (χ2n) is 12.0. The van der Waals surface area contributed by atoms with Gasteiger partial charge in [0.05, 0.1) is 31.4 Å². The van der Waals surface area contributed by atoms with Crippen LogP contribution in [0, 0.1) is 17.2 Å². The smallest absolute Gasteiger partial charge is 0.308 e. The minimum absolute atomic E-state index is 0.0853. The fraction of sp³-hybridized carbons (Fsp3) is 0.562. The normalized spacial score (nSPS) is 21.0. The number of amidine groups is 1. The number of nitrogens with one attached hydrogen (secondary N) is 2. The first-order valence-corrected chi connectivity index (χ1v) is 15.7. The number of carbonyl (C=O) groups is 3. The summed E-state index contributed by atoms with van der Waals surface area (Å²) in [6.07, 6.45) is 8.32. The zero-order valence-corrected chi connectivity index (χ0v) is 25.1. The lowest BCUT2D eigenvalue weighted by molar-refractivity contribution is -0.151. The summed E-state index contributed by atoms with van der Waals surface area (Å²) in [4.78, 5) is 54.3. The molecule has 2 saturated carbocycles. The summed E-state index contributed by atoms with van der Waals surface area (Å²) < 4.78 is 12.0. The van der Waals surface area contributed by atoms with E-state index in [2.05, 4.69) is 10.4 Å². The summed E-state index contributed by atoms with van der Waals surface area (Å²) in [6.45, 7) is 1.87. The van der Waals surface area contributed by atoms with E-state index in [4.69, 9.17) is 20.6 Å². The first kappa shape index (κ1) is 31.4. The monoisotopic (exact) mass is 606 g/mol. The van der Waals surface area contributed by atoms with E-state index in [1.807, 2.05) is 0 Å². The molecule has 236 valence electrons. The molecule has 2 aromatic rings. The summed E-state index contributed by atoms with van der Waals surface area (Å²) >= 11 is 0. The van der Waals surface area contributed by atoms with Gasteiger partial charge in [-0.05, 0) is 50.5 Å². The third-order valence-electron chi connectivity index (χ3n) is 8.94. The zero-order valence-electron chi connectivity index (χ0n) is 25.1. The molecule has 12 heteroatoms. The number of nitrogens with two attached hydrogens (primary N) is 1. The molecule has 2 heterocycles. The Morgan fingerprint density at radius 1 is 1.00 bits per heavy atom. The Morgan fingerprint density at radius 3 is 2.34 bits per heavy atom. The average Bonchev–Trinajstić information content (AvgIpc) is 3.05. The van der Waals surface area contributed by atoms with Gasteiger partial charge in [-0.1, -0.05) is 43.5 Å². The number of esters is 1. The van der Waals surface area contributed by atoms with E-state index >= 15 is 0 Å². The van der Waals surface area contributed by atoms with Crippen molar-refractivity contribution in [1.82, 2.24) is 20.0 Å². The predicted molar refractivity (Wildman–Crippen MR) is 163 cm³/mol. The maximum absolute atomic E-state index is 13.5. The highest BCUT2D eigenvalue weighted by Gasteiger charge is 2.30. The second-order valence-corrected chi connectivity index (χ2v) is 12.0. The molecule has 2 aliphatic carbocycles. The van der Waals surface area contributed by atoms with Crippen LogP contribution in [-0.4, -0.2) is 77.3 Å². The number of aromatic nitrogens is 2. The van der Waals surface area contributed by atoms with Crippen molar-refractivity contribution in [2.45, 2.75) is 70.4 Å². The van der Waals surface area contributed by atoms with Gasteiger partial charge >= 0.3 is 5.97 Å². The molecule has 1 aromatic carbocycles. The molecule has 1 aromatic heterocycles. The van der Waals surface area contributed by atoms with Crippen molar-refractivity contribution >= 4 is 23.6 Å². The standard InChI is InChI=1S/C32H42N6O6/c33-29(34)23-8-6-22(7-9-23)27-18-26(31(41)38(36-27)19-28(39)37-14-16-43-17-15-37)30(40)35-25-12-10-24(11-13-25)32(42)44-20-21-4-2-1-3-5-21/h6-9,18,21,24-25H,1-5,10-17,19-20H2,(H3,33,34)(H,35,40). The van der Waals surface area contributed by atoms with Crippen molar-refractivity contribution in [3.8, 4) is 11.3 Å². The highest BCUT2D eigenvalue weighted by Crippen LogP contribution is 2.28. The minimum atomic E-state index is -0.659. The number of benzene rings is 1. The maximum atomic E-state index is 13.5. The van der Waals surface area contributed by atoms with Crippen LogP contribution in [0.1, 0.15) is 73.7 Å². The molecule has 0 atom stereocenters. The molecule has 3 aliphatic rings. The van der Waals surface area contributed by atoms with Gasteiger partial charge in [-0.3, -0.25) is 24.6 Å². The topological polar surface area (TPSA) is 170 Å². The van der Waals surface area contributed by atoms with Gasteiger partial charge in [0, 0.05) is 30.3 Å². The Bertz CT molecular complexity index is 1400. The molecule has 4 N–H and O–H groups in total. The van der Waals surface area contributed by atoms with Crippen LogP contribution in [0.4, 0.5) is 0 Å². The number of rotatable bonds is 9. The second kappa shape index (κ2) is 14.6. The third-order valence-corrected chi connectivity index (χ3v) is 8.94. The Kier molecular flexibility index (Phi) is 10.4. The van der Waals surface area contributed by atoms with Gasteiger partial charge in [0.15, 0.2) is 0 Å². The molecule has 12 nitrogen and oxygen atoms in total. The van der Waals surface area contributed by atoms with Crippen LogP contribution in [0.15, 0.2) is 35.1 Å². The van der Waals surface area contributed by atoms with Crippen LogP contribution in [0.25, 0.3) is 11.3 Å². The minimum Gasteiger partial charge on any atom is -0.465 e. The van der Waals surface area contributed by atoms with Gasteiger partial charge in [-0.2, -0.15) is 5.10 Å². The number of amides is 2. The lowest BCUT2D eigenvalue weighted by Gasteiger charge is -2.29. The number of nitrogen functional groups attached to an aromatic ring is 1. The zero-order chi connectivity index (χ0) is 31.1. The van der Waals surface area contributed by atoms with Gasteiger partial charge < -0.3 is 25.4 Å². The van der Waals surface area contributed by atoms with Gasteiger partial charge in [-0.25, -0.2) is 4.68 Å². The summed E-state index contributed by atoms with van der Waals surface area (Å²) in [5.74, 6) is -0.780. The van der Waals surface area contributed by atoms with E-state index in [1.165, 1.54) is 25.3 Å². The van der Waals surface area contributed by atoms with Crippen LogP contribution in [0.2, 0.25) is 0 Å². The molecule has 0 radical (unpaired) electrons. The summed E-state index contributed by atoms with van der Waals surface area (Å²) in [7, 11) is 0. The number of hydrogen-bond acceptors (Lipinski definition) is 8. The first-order valence-electron chi connectivity index (χ1n) is 15.7. The molecule has 3 fully saturated rings. The molecule has 1 aliphatic heterocycles. The fourth-order valence-electron chi connectivity index (χ4n) is 6.22. The number of morpholine rings is 1. The van der Waals surface area contributed by atoms with Crippen molar-refractivity contribution in [3.63, 3.8) is 0 Å². The van der Waals surface area contributed by atoms with Gasteiger partial charge in [0.1, 0.15) is 17.9 Å². The van der Waals surface area contributed by atoms with Crippen molar-refractivity contribution in [3.05, 3.63) is 51.8 Å². The van der Waals surface area contributed by atoms with E-state index in [9.17, 15) is 19.2 Å². The highest BCUT2D eigenvalue weighted by molar-refractivity contribution is 5.96. The largest absolute Gasteiger partial charge is 0.465 e.